The van der Waals surface area contributed by atoms with Crippen molar-refractivity contribution in [3.63, 3.8) is 0 Å². The maximum absolute atomic E-state index is 6.60. The third kappa shape index (κ3) is 3.01. The highest BCUT2D eigenvalue weighted by atomic mass is 16.5. The number of ether oxygens (including phenoxy) is 1. The van der Waals surface area contributed by atoms with Gasteiger partial charge in [0.2, 0.25) is 0 Å². The first-order chi connectivity index (χ1) is 9.55. The van der Waals surface area contributed by atoms with Crippen LogP contribution in [0.4, 0.5) is 0 Å². The van der Waals surface area contributed by atoms with E-state index >= 15 is 0 Å². The average molecular weight is 273 g/mol. The second-order valence-corrected chi connectivity index (χ2v) is 7.32. The van der Waals surface area contributed by atoms with Gasteiger partial charge >= 0.3 is 0 Å². The summed E-state index contributed by atoms with van der Waals surface area (Å²) in [7, 11) is 1.71. The van der Waals surface area contributed by atoms with Gasteiger partial charge < -0.3 is 10.5 Å². The molecule has 2 aliphatic carbocycles. The predicted octanol–water partition coefficient (Wildman–Crippen LogP) is 3.78. The van der Waals surface area contributed by atoms with Crippen molar-refractivity contribution in [2.45, 2.75) is 51.0 Å². The van der Waals surface area contributed by atoms with Crippen LogP contribution in [0, 0.1) is 17.8 Å². The smallest absolute Gasteiger partial charge is 0.118 e. The largest absolute Gasteiger partial charge is 0.497 e. The Balaban J connectivity index is 1.59. The average Bonchev–Trinajstić information content (AvgIpc) is 3.01. The van der Waals surface area contributed by atoms with Gasteiger partial charge in [0.05, 0.1) is 7.11 Å². The molecule has 0 radical (unpaired) electrons. The molecule has 0 spiro atoms. The van der Waals surface area contributed by atoms with E-state index < -0.39 is 0 Å². The topological polar surface area (TPSA) is 35.2 Å². The Labute approximate surface area is 122 Å². The van der Waals surface area contributed by atoms with Crippen LogP contribution in [0.1, 0.15) is 44.6 Å². The quantitative estimate of drug-likeness (QED) is 0.886. The Morgan fingerprint density at radius 1 is 1.20 bits per heavy atom. The number of hydrogen-bond donors (Lipinski definition) is 1. The molecule has 0 saturated heterocycles. The van der Waals surface area contributed by atoms with Crippen molar-refractivity contribution in [3.8, 4) is 5.75 Å². The fourth-order valence-electron chi connectivity index (χ4n) is 4.51. The maximum atomic E-state index is 6.60. The van der Waals surface area contributed by atoms with Gasteiger partial charge in [-0.05, 0) is 74.5 Å². The molecule has 1 aromatic rings. The molecule has 0 aliphatic heterocycles. The van der Waals surface area contributed by atoms with E-state index in [1.54, 1.807) is 7.11 Å². The van der Waals surface area contributed by atoms with Crippen LogP contribution in [0.2, 0.25) is 0 Å². The number of benzene rings is 1. The van der Waals surface area contributed by atoms with Crippen molar-refractivity contribution in [3.05, 3.63) is 29.8 Å². The van der Waals surface area contributed by atoms with Crippen LogP contribution in [0.25, 0.3) is 0 Å². The van der Waals surface area contributed by atoms with E-state index in [0.29, 0.717) is 0 Å². The van der Waals surface area contributed by atoms with Crippen molar-refractivity contribution >= 4 is 0 Å². The van der Waals surface area contributed by atoms with Crippen molar-refractivity contribution in [2.75, 3.05) is 7.11 Å². The SMILES string of the molecule is COc1ccc(CC(C)(N)CC2CC3CCC2C3)cc1. The maximum Gasteiger partial charge on any atom is 0.118 e. The Morgan fingerprint density at radius 2 is 1.95 bits per heavy atom. The van der Waals surface area contributed by atoms with Crippen molar-refractivity contribution < 1.29 is 4.74 Å². The molecule has 2 aliphatic rings. The minimum absolute atomic E-state index is 0.0796. The normalized spacial score (nSPS) is 31.2. The number of hydrogen-bond acceptors (Lipinski definition) is 2. The second-order valence-electron chi connectivity index (χ2n) is 7.32. The Kier molecular flexibility index (Phi) is 3.76. The van der Waals surface area contributed by atoms with Gasteiger partial charge in [0.1, 0.15) is 5.75 Å². The van der Waals surface area contributed by atoms with Crippen LogP contribution in [-0.2, 0) is 6.42 Å². The summed E-state index contributed by atoms with van der Waals surface area (Å²) in [6.45, 7) is 2.23. The van der Waals surface area contributed by atoms with Gasteiger partial charge in [-0.1, -0.05) is 18.6 Å². The van der Waals surface area contributed by atoms with Gasteiger partial charge in [0.25, 0.3) is 0 Å². The van der Waals surface area contributed by atoms with Crippen LogP contribution in [0.5, 0.6) is 5.75 Å². The molecule has 1 aromatic carbocycles. The van der Waals surface area contributed by atoms with Crippen LogP contribution >= 0.6 is 0 Å². The zero-order valence-electron chi connectivity index (χ0n) is 12.8. The van der Waals surface area contributed by atoms with E-state index in [2.05, 4.69) is 19.1 Å². The summed E-state index contributed by atoms with van der Waals surface area (Å²) in [4.78, 5) is 0. The van der Waals surface area contributed by atoms with E-state index in [9.17, 15) is 0 Å². The highest BCUT2D eigenvalue weighted by Gasteiger charge is 2.41. The Morgan fingerprint density at radius 3 is 2.50 bits per heavy atom. The van der Waals surface area contributed by atoms with Gasteiger partial charge in [-0.3, -0.25) is 0 Å². The second kappa shape index (κ2) is 5.40. The summed E-state index contributed by atoms with van der Waals surface area (Å²) in [6.07, 6.45) is 7.98. The standard InChI is InChI=1S/C18H27NO/c1-18(19,11-13-4-7-17(20-2)8-5-13)12-16-10-14-3-6-15(16)9-14/h4-5,7-8,14-16H,3,6,9-12,19H2,1-2H3. The zero-order chi connectivity index (χ0) is 14.2. The summed E-state index contributed by atoms with van der Waals surface area (Å²) in [5, 5.41) is 0. The summed E-state index contributed by atoms with van der Waals surface area (Å²) in [6, 6.07) is 8.35. The monoisotopic (exact) mass is 273 g/mol. The molecule has 3 rings (SSSR count). The van der Waals surface area contributed by atoms with E-state index in [1.165, 1.54) is 37.7 Å². The predicted molar refractivity (Wildman–Crippen MR) is 82.8 cm³/mol. The lowest BCUT2D eigenvalue weighted by molar-refractivity contribution is 0.250. The summed E-state index contributed by atoms with van der Waals surface area (Å²) in [5.74, 6) is 3.78. The first-order valence-corrected chi connectivity index (χ1v) is 7.97. The fraction of sp³-hybridized carbons (Fsp3) is 0.667. The molecule has 2 saturated carbocycles. The number of rotatable bonds is 5. The van der Waals surface area contributed by atoms with Gasteiger partial charge in [-0.15, -0.1) is 0 Å². The molecular formula is C18H27NO. The summed E-state index contributed by atoms with van der Waals surface area (Å²) < 4.78 is 5.21. The molecule has 4 unspecified atom stereocenters. The molecule has 2 nitrogen and oxygen atoms in total. The zero-order valence-corrected chi connectivity index (χ0v) is 12.8. The van der Waals surface area contributed by atoms with Crippen LogP contribution < -0.4 is 10.5 Å². The lowest BCUT2D eigenvalue weighted by Crippen LogP contribution is -2.41. The van der Waals surface area contributed by atoms with E-state index in [4.69, 9.17) is 10.5 Å². The molecule has 2 fully saturated rings. The fourth-order valence-corrected chi connectivity index (χ4v) is 4.51. The lowest BCUT2D eigenvalue weighted by atomic mass is 9.77. The highest BCUT2D eigenvalue weighted by molar-refractivity contribution is 5.28. The van der Waals surface area contributed by atoms with Gasteiger partial charge in [0.15, 0.2) is 0 Å². The van der Waals surface area contributed by atoms with Gasteiger partial charge in [-0.25, -0.2) is 0 Å². The van der Waals surface area contributed by atoms with Crippen LogP contribution in [-0.4, -0.2) is 12.6 Å². The Bertz CT molecular complexity index is 451. The molecule has 2 heteroatoms. The molecule has 20 heavy (non-hydrogen) atoms. The molecule has 0 amide bonds. The first-order valence-electron chi connectivity index (χ1n) is 7.97. The van der Waals surface area contributed by atoms with Crippen molar-refractivity contribution in [2.24, 2.45) is 23.5 Å². The van der Waals surface area contributed by atoms with Crippen molar-refractivity contribution in [1.82, 2.24) is 0 Å². The van der Waals surface area contributed by atoms with Crippen LogP contribution in [0.3, 0.4) is 0 Å². The first kappa shape index (κ1) is 13.9. The minimum Gasteiger partial charge on any atom is -0.497 e. The highest BCUT2D eigenvalue weighted by Crippen LogP contribution is 2.50. The molecular weight excluding hydrogens is 246 g/mol. The van der Waals surface area contributed by atoms with Crippen molar-refractivity contribution in [1.29, 1.82) is 0 Å². The summed E-state index contributed by atoms with van der Waals surface area (Å²) >= 11 is 0. The molecule has 4 atom stereocenters. The number of methoxy groups -OCH3 is 1. The third-order valence-corrected chi connectivity index (χ3v) is 5.38. The molecule has 0 aromatic heterocycles. The molecule has 2 bridgehead atoms. The number of nitrogens with two attached hydrogens (primary N) is 1. The van der Waals surface area contributed by atoms with E-state index in [1.807, 2.05) is 12.1 Å². The summed E-state index contributed by atoms with van der Waals surface area (Å²) in [5.41, 5.74) is 7.84. The van der Waals surface area contributed by atoms with Gasteiger partial charge in [-0.2, -0.15) is 0 Å². The van der Waals surface area contributed by atoms with E-state index in [0.717, 1.165) is 29.9 Å². The molecule has 110 valence electrons. The minimum atomic E-state index is -0.0796. The molecule has 0 heterocycles. The van der Waals surface area contributed by atoms with Crippen LogP contribution in [0.15, 0.2) is 24.3 Å². The van der Waals surface area contributed by atoms with E-state index in [-0.39, 0.29) is 5.54 Å². The lowest BCUT2D eigenvalue weighted by Gasteiger charge is -2.32. The third-order valence-electron chi connectivity index (χ3n) is 5.38. The number of fused-ring (bicyclic) bond motifs is 2. The van der Waals surface area contributed by atoms with Gasteiger partial charge in [0, 0.05) is 5.54 Å². The Hall–Kier alpha value is -1.02. The molecule has 2 N–H and O–H groups in total.